The van der Waals surface area contributed by atoms with E-state index in [9.17, 15) is 0 Å². The van der Waals surface area contributed by atoms with Gasteiger partial charge < -0.3 is 9.31 Å². The molecule has 3 rings (SSSR count). The molecule has 100 valence electrons. The van der Waals surface area contributed by atoms with Gasteiger partial charge in [-0.15, -0.1) is 0 Å². The maximum atomic E-state index is 5.88. The summed E-state index contributed by atoms with van der Waals surface area (Å²) in [6.45, 7) is 3.50. The summed E-state index contributed by atoms with van der Waals surface area (Å²) in [6, 6.07) is 16.9. The molecule has 2 aromatic rings. The second kappa shape index (κ2) is 5.86. The maximum Gasteiger partial charge on any atom is 0.493 e. The Morgan fingerprint density at radius 3 is 2.15 bits per heavy atom. The van der Waals surface area contributed by atoms with E-state index in [1.165, 1.54) is 16.6 Å². The predicted octanol–water partition coefficient (Wildman–Crippen LogP) is 0.779. The van der Waals surface area contributed by atoms with Gasteiger partial charge in [0.05, 0.1) is 0 Å². The summed E-state index contributed by atoms with van der Waals surface area (Å²) in [5.74, 6) is 0.331. The summed E-state index contributed by atoms with van der Waals surface area (Å²) in [5.41, 5.74) is 4.92. The van der Waals surface area contributed by atoms with Gasteiger partial charge in [0.15, 0.2) is 0 Å². The zero-order chi connectivity index (χ0) is 13.9. The predicted molar refractivity (Wildman–Crippen MR) is 85.8 cm³/mol. The smallest absolute Gasteiger partial charge is 0.407 e. The third-order valence-electron chi connectivity index (χ3n) is 3.80. The van der Waals surface area contributed by atoms with Crippen molar-refractivity contribution < 1.29 is 9.31 Å². The van der Waals surface area contributed by atoms with Crippen molar-refractivity contribution in [3.05, 3.63) is 59.7 Å². The Hall–Kier alpha value is -1.51. The maximum absolute atomic E-state index is 5.88. The van der Waals surface area contributed by atoms with Crippen LogP contribution in [0.15, 0.2) is 48.5 Å². The highest BCUT2D eigenvalue weighted by Gasteiger charge is 2.29. The minimum atomic E-state index is -0.225. The molecule has 0 radical (unpaired) electrons. The number of hydrogen-bond donors (Lipinski definition) is 0. The van der Waals surface area contributed by atoms with E-state index in [1.807, 2.05) is 0 Å². The van der Waals surface area contributed by atoms with Crippen molar-refractivity contribution in [2.24, 2.45) is 0 Å². The second-order valence-electron chi connectivity index (χ2n) is 5.52. The van der Waals surface area contributed by atoms with Crippen LogP contribution in [0.4, 0.5) is 0 Å². The third kappa shape index (κ3) is 2.97. The molecule has 0 atom stereocenters. The highest BCUT2D eigenvalue weighted by Crippen LogP contribution is 2.20. The van der Waals surface area contributed by atoms with Crippen LogP contribution in [0.1, 0.15) is 17.0 Å². The van der Waals surface area contributed by atoms with Crippen molar-refractivity contribution >= 4 is 25.9 Å². The standard InChI is InChI=1S/C16H18B2O2/c1-12-2-8-16(9-3-12)18-19-10-14(11-20-18)13-4-6-15(17)7-5-13/h2-9,14H,10-11,17H2,1H3. The van der Waals surface area contributed by atoms with E-state index in [0.717, 1.165) is 5.46 Å². The highest BCUT2D eigenvalue weighted by atomic mass is 16.6. The molecule has 0 aliphatic carbocycles. The van der Waals surface area contributed by atoms with Crippen molar-refractivity contribution in [1.29, 1.82) is 0 Å². The molecule has 20 heavy (non-hydrogen) atoms. The Morgan fingerprint density at radius 1 is 0.950 bits per heavy atom. The SMILES string of the molecule is Bc1ccc(C2COB(c3ccc(C)cc3)OC2)cc1. The zero-order valence-corrected chi connectivity index (χ0v) is 12.0. The molecule has 0 bridgehead atoms. The molecule has 1 aliphatic rings. The summed E-state index contributed by atoms with van der Waals surface area (Å²) in [5, 5.41) is 0. The molecule has 0 N–H and O–H groups in total. The largest absolute Gasteiger partial charge is 0.493 e. The zero-order valence-electron chi connectivity index (χ0n) is 12.0. The molecule has 1 heterocycles. The van der Waals surface area contributed by atoms with Gasteiger partial charge in [0.1, 0.15) is 7.85 Å². The van der Waals surface area contributed by atoms with E-state index in [2.05, 4.69) is 63.3 Å². The molecule has 4 heteroatoms. The van der Waals surface area contributed by atoms with E-state index in [0.29, 0.717) is 19.1 Å². The fourth-order valence-electron chi connectivity index (χ4n) is 2.45. The molecule has 0 spiro atoms. The Labute approximate surface area is 121 Å². The lowest BCUT2D eigenvalue weighted by Gasteiger charge is -2.28. The molecule has 0 aromatic heterocycles. The van der Waals surface area contributed by atoms with E-state index >= 15 is 0 Å². The summed E-state index contributed by atoms with van der Waals surface area (Å²) < 4.78 is 11.8. The average molecular weight is 264 g/mol. The van der Waals surface area contributed by atoms with Gasteiger partial charge in [0, 0.05) is 19.1 Å². The minimum Gasteiger partial charge on any atom is -0.407 e. The summed E-state index contributed by atoms with van der Waals surface area (Å²) in [7, 11) is 1.88. The van der Waals surface area contributed by atoms with Crippen molar-refractivity contribution in [3.63, 3.8) is 0 Å². The van der Waals surface area contributed by atoms with Gasteiger partial charge in [-0.05, 0) is 17.9 Å². The Kier molecular flexibility index (Phi) is 3.95. The Bertz CT molecular complexity index is 505. The second-order valence-corrected chi connectivity index (χ2v) is 5.52. The van der Waals surface area contributed by atoms with Crippen LogP contribution in [0.25, 0.3) is 0 Å². The lowest BCUT2D eigenvalue weighted by Crippen LogP contribution is -2.43. The first-order valence-electron chi connectivity index (χ1n) is 7.09. The van der Waals surface area contributed by atoms with Crippen LogP contribution in [0.3, 0.4) is 0 Å². The summed E-state index contributed by atoms with van der Waals surface area (Å²) >= 11 is 0. The molecule has 1 aliphatic heterocycles. The molecule has 0 saturated carbocycles. The summed E-state index contributed by atoms with van der Waals surface area (Å²) in [6.07, 6.45) is 0. The van der Waals surface area contributed by atoms with Crippen LogP contribution in [0.2, 0.25) is 0 Å². The van der Waals surface area contributed by atoms with E-state index in [4.69, 9.17) is 9.31 Å². The molecule has 1 saturated heterocycles. The van der Waals surface area contributed by atoms with Gasteiger partial charge >= 0.3 is 7.12 Å². The van der Waals surface area contributed by atoms with Crippen molar-refractivity contribution in [1.82, 2.24) is 0 Å². The van der Waals surface area contributed by atoms with Crippen LogP contribution in [-0.4, -0.2) is 28.2 Å². The lowest BCUT2D eigenvalue weighted by atomic mass is 9.77. The number of benzene rings is 2. The monoisotopic (exact) mass is 264 g/mol. The van der Waals surface area contributed by atoms with Crippen LogP contribution < -0.4 is 10.9 Å². The number of rotatable bonds is 2. The first-order chi connectivity index (χ1) is 9.72. The Morgan fingerprint density at radius 2 is 1.55 bits per heavy atom. The van der Waals surface area contributed by atoms with E-state index in [-0.39, 0.29) is 7.12 Å². The molecule has 1 fully saturated rings. The number of hydrogen-bond acceptors (Lipinski definition) is 2. The number of aryl methyl sites for hydroxylation is 1. The van der Waals surface area contributed by atoms with E-state index in [1.54, 1.807) is 0 Å². The van der Waals surface area contributed by atoms with Gasteiger partial charge in [-0.25, -0.2) is 0 Å². The first kappa shape index (κ1) is 13.5. The van der Waals surface area contributed by atoms with Crippen LogP contribution >= 0.6 is 0 Å². The van der Waals surface area contributed by atoms with Crippen LogP contribution in [0, 0.1) is 6.92 Å². The summed E-state index contributed by atoms with van der Waals surface area (Å²) in [4.78, 5) is 0. The normalized spacial score (nSPS) is 16.4. The van der Waals surface area contributed by atoms with Crippen molar-refractivity contribution in [3.8, 4) is 0 Å². The average Bonchev–Trinajstić information content (AvgIpc) is 2.49. The quantitative estimate of drug-likeness (QED) is 0.746. The fourth-order valence-corrected chi connectivity index (χ4v) is 2.45. The van der Waals surface area contributed by atoms with E-state index < -0.39 is 0 Å². The molecular weight excluding hydrogens is 246 g/mol. The van der Waals surface area contributed by atoms with Crippen LogP contribution in [-0.2, 0) is 9.31 Å². The highest BCUT2D eigenvalue weighted by molar-refractivity contribution is 6.61. The van der Waals surface area contributed by atoms with Gasteiger partial charge in [0.2, 0.25) is 0 Å². The molecule has 0 unspecified atom stereocenters. The van der Waals surface area contributed by atoms with Gasteiger partial charge in [-0.2, -0.15) is 0 Å². The fraction of sp³-hybridized carbons (Fsp3) is 0.250. The molecule has 0 amide bonds. The molecular formula is C16H18B2O2. The topological polar surface area (TPSA) is 18.5 Å². The first-order valence-corrected chi connectivity index (χ1v) is 7.09. The molecule has 2 nitrogen and oxygen atoms in total. The Balaban J connectivity index is 1.64. The van der Waals surface area contributed by atoms with Crippen LogP contribution in [0.5, 0.6) is 0 Å². The van der Waals surface area contributed by atoms with Gasteiger partial charge in [0.25, 0.3) is 0 Å². The minimum absolute atomic E-state index is 0.225. The third-order valence-corrected chi connectivity index (χ3v) is 3.80. The van der Waals surface area contributed by atoms with Gasteiger partial charge in [-0.3, -0.25) is 0 Å². The van der Waals surface area contributed by atoms with Gasteiger partial charge in [-0.1, -0.05) is 59.6 Å². The van der Waals surface area contributed by atoms with Crippen molar-refractivity contribution in [2.45, 2.75) is 12.8 Å². The van der Waals surface area contributed by atoms with Crippen molar-refractivity contribution in [2.75, 3.05) is 13.2 Å². The lowest BCUT2D eigenvalue weighted by molar-refractivity contribution is 0.121. The molecule has 2 aromatic carbocycles.